The molecule has 0 unspecified atom stereocenters. The van der Waals surface area contributed by atoms with Crippen LogP contribution in [0.4, 0.5) is 10.5 Å². The minimum atomic E-state index is -0.408. The van der Waals surface area contributed by atoms with Gasteiger partial charge in [-0.2, -0.15) is 0 Å². The van der Waals surface area contributed by atoms with Crippen molar-refractivity contribution >= 4 is 39.2 Å². The molecule has 1 saturated heterocycles. The third-order valence-electron chi connectivity index (χ3n) is 2.62. The number of β-amino-alcohol motifs (C(OH)–C–C–N with tert-alkyl or cyclic N) is 1. The van der Waals surface area contributed by atoms with E-state index < -0.39 is 6.10 Å². The fourth-order valence-electron chi connectivity index (χ4n) is 1.70. The number of anilines is 1. The van der Waals surface area contributed by atoms with Gasteiger partial charge in [0, 0.05) is 23.2 Å². The van der Waals surface area contributed by atoms with Gasteiger partial charge in [-0.15, -0.1) is 0 Å². The predicted molar refractivity (Wildman–Crippen MR) is 70.4 cm³/mol. The maximum absolute atomic E-state index is 11.8. The molecule has 4 nitrogen and oxygen atoms in total. The second-order valence-electron chi connectivity index (χ2n) is 3.95. The van der Waals surface area contributed by atoms with E-state index in [0.717, 1.165) is 4.47 Å². The zero-order valence-corrected chi connectivity index (χ0v) is 11.3. The number of carbonyl (C=O) groups excluding carboxylic acids is 1. The summed E-state index contributed by atoms with van der Waals surface area (Å²) in [5, 5.41) is 12.6. The summed E-state index contributed by atoms with van der Waals surface area (Å²) in [5.74, 6) is 0. The highest BCUT2D eigenvalue weighted by atomic mass is 79.9. The maximum atomic E-state index is 11.8. The number of hydrogen-bond acceptors (Lipinski definition) is 2. The molecule has 1 atom stereocenters. The molecule has 0 bridgehead atoms. The van der Waals surface area contributed by atoms with Gasteiger partial charge in [-0.25, -0.2) is 4.79 Å². The van der Waals surface area contributed by atoms with Gasteiger partial charge >= 0.3 is 6.03 Å². The molecule has 1 heterocycles. The number of carbonyl (C=O) groups is 1. The normalized spacial score (nSPS) is 19.5. The SMILES string of the molecule is O=C(Nc1ccc(Br)c(Cl)c1)N1CC[C@@H](O)C1. The molecule has 1 aliphatic heterocycles. The topological polar surface area (TPSA) is 52.6 Å². The summed E-state index contributed by atoms with van der Waals surface area (Å²) in [7, 11) is 0. The number of rotatable bonds is 1. The minimum Gasteiger partial charge on any atom is -0.391 e. The fraction of sp³-hybridized carbons (Fsp3) is 0.364. The van der Waals surface area contributed by atoms with E-state index >= 15 is 0 Å². The van der Waals surface area contributed by atoms with E-state index in [9.17, 15) is 9.90 Å². The quantitative estimate of drug-likeness (QED) is 0.836. The van der Waals surface area contributed by atoms with Crippen LogP contribution < -0.4 is 5.32 Å². The van der Waals surface area contributed by atoms with Crippen LogP contribution >= 0.6 is 27.5 Å². The van der Waals surface area contributed by atoms with Crippen molar-refractivity contribution < 1.29 is 9.90 Å². The van der Waals surface area contributed by atoms with Crippen molar-refractivity contribution in [3.63, 3.8) is 0 Å². The Hall–Kier alpha value is -0.780. The predicted octanol–water partition coefficient (Wildman–Crippen LogP) is 2.70. The van der Waals surface area contributed by atoms with Crippen LogP contribution in [0.2, 0.25) is 5.02 Å². The van der Waals surface area contributed by atoms with E-state index in [0.29, 0.717) is 30.2 Å². The molecule has 0 aromatic heterocycles. The van der Waals surface area contributed by atoms with Crippen molar-refractivity contribution in [2.45, 2.75) is 12.5 Å². The van der Waals surface area contributed by atoms with Crippen LogP contribution in [0, 0.1) is 0 Å². The van der Waals surface area contributed by atoms with Crippen LogP contribution in [0.3, 0.4) is 0 Å². The first kappa shape index (κ1) is 12.7. The Morgan fingerprint density at radius 1 is 1.59 bits per heavy atom. The van der Waals surface area contributed by atoms with Crippen molar-refractivity contribution in [2.75, 3.05) is 18.4 Å². The summed E-state index contributed by atoms with van der Waals surface area (Å²) in [4.78, 5) is 13.4. The maximum Gasteiger partial charge on any atom is 0.321 e. The van der Waals surface area contributed by atoms with Gasteiger partial charge < -0.3 is 15.3 Å². The molecule has 0 aliphatic carbocycles. The summed E-state index contributed by atoms with van der Waals surface area (Å²) >= 11 is 9.21. The van der Waals surface area contributed by atoms with Crippen LogP contribution in [0.5, 0.6) is 0 Å². The highest BCUT2D eigenvalue weighted by molar-refractivity contribution is 9.10. The van der Waals surface area contributed by atoms with Gasteiger partial charge in [0.15, 0.2) is 0 Å². The number of aliphatic hydroxyl groups excluding tert-OH is 1. The number of benzene rings is 1. The van der Waals surface area contributed by atoms with Gasteiger partial charge in [0.25, 0.3) is 0 Å². The molecular formula is C11H12BrClN2O2. The van der Waals surface area contributed by atoms with Crippen LogP contribution in [0.1, 0.15) is 6.42 Å². The number of amides is 2. The molecule has 1 aliphatic rings. The number of likely N-dealkylation sites (tertiary alicyclic amines) is 1. The zero-order chi connectivity index (χ0) is 12.4. The molecule has 1 fully saturated rings. The molecule has 0 saturated carbocycles. The van der Waals surface area contributed by atoms with Crippen molar-refractivity contribution in [3.05, 3.63) is 27.7 Å². The van der Waals surface area contributed by atoms with Gasteiger partial charge in [0.1, 0.15) is 0 Å². The molecule has 92 valence electrons. The number of hydrogen-bond donors (Lipinski definition) is 2. The largest absolute Gasteiger partial charge is 0.391 e. The average molecular weight is 320 g/mol. The first-order chi connectivity index (χ1) is 8.06. The van der Waals surface area contributed by atoms with Gasteiger partial charge in [-0.3, -0.25) is 0 Å². The Morgan fingerprint density at radius 2 is 2.35 bits per heavy atom. The number of nitrogens with zero attached hydrogens (tertiary/aromatic N) is 1. The molecule has 2 rings (SSSR count). The van der Waals surface area contributed by atoms with E-state index in [1.807, 2.05) is 0 Å². The van der Waals surface area contributed by atoms with Crippen LogP contribution in [-0.2, 0) is 0 Å². The zero-order valence-electron chi connectivity index (χ0n) is 8.99. The highest BCUT2D eigenvalue weighted by Crippen LogP contribution is 2.25. The van der Waals surface area contributed by atoms with Crippen molar-refractivity contribution in [2.24, 2.45) is 0 Å². The number of halogens is 2. The smallest absolute Gasteiger partial charge is 0.321 e. The van der Waals surface area contributed by atoms with Gasteiger partial charge in [-0.05, 0) is 40.5 Å². The Morgan fingerprint density at radius 3 is 2.94 bits per heavy atom. The van der Waals surface area contributed by atoms with E-state index in [1.54, 1.807) is 23.1 Å². The molecular weight excluding hydrogens is 307 g/mol. The molecule has 2 amide bonds. The monoisotopic (exact) mass is 318 g/mol. The Bertz CT molecular complexity index is 441. The van der Waals surface area contributed by atoms with Crippen LogP contribution in [0.15, 0.2) is 22.7 Å². The van der Waals surface area contributed by atoms with Gasteiger partial charge in [-0.1, -0.05) is 11.6 Å². The standard InChI is InChI=1S/C11H12BrClN2O2/c12-9-2-1-7(5-10(9)13)14-11(17)15-4-3-8(16)6-15/h1-2,5,8,16H,3-4,6H2,(H,14,17)/t8-/m1/s1. The Kier molecular flexibility index (Phi) is 3.91. The molecule has 17 heavy (non-hydrogen) atoms. The van der Waals surface area contributed by atoms with Crippen molar-refractivity contribution in [1.82, 2.24) is 4.90 Å². The highest BCUT2D eigenvalue weighted by Gasteiger charge is 2.24. The Balaban J connectivity index is 2.00. The van der Waals surface area contributed by atoms with E-state index in [1.165, 1.54) is 0 Å². The van der Waals surface area contributed by atoms with Gasteiger partial charge in [0.2, 0.25) is 0 Å². The van der Waals surface area contributed by atoms with Crippen molar-refractivity contribution in [1.29, 1.82) is 0 Å². The number of urea groups is 1. The lowest BCUT2D eigenvalue weighted by molar-refractivity contribution is 0.176. The van der Waals surface area contributed by atoms with Crippen molar-refractivity contribution in [3.8, 4) is 0 Å². The molecule has 0 spiro atoms. The Labute approximate surface area is 113 Å². The molecule has 1 aromatic carbocycles. The summed E-state index contributed by atoms with van der Waals surface area (Å²) in [6, 6.07) is 5.01. The second kappa shape index (κ2) is 5.25. The molecule has 6 heteroatoms. The summed E-state index contributed by atoms with van der Waals surface area (Å²) in [5.41, 5.74) is 0.643. The number of aliphatic hydroxyl groups is 1. The lowest BCUT2D eigenvalue weighted by Crippen LogP contribution is -2.33. The van der Waals surface area contributed by atoms with Gasteiger partial charge in [0.05, 0.1) is 11.1 Å². The first-order valence-electron chi connectivity index (χ1n) is 5.25. The summed E-state index contributed by atoms with van der Waals surface area (Å²) in [6.45, 7) is 0.966. The number of nitrogens with one attached hydrogen (secondary N) is 1. The van der Waals surface area contributed by atoms with E-state index in [2.05, 4.69) is 21.2 Å². The third kappa shape index (κ3) is 3.12. The van der Waals surface area contributed by atoms with Crippen LogP contribution in [0.25, 0.3) is 0 Å². The minimum absolute atomic E-state index is 0.208. The first-order valence-corrected chi connectivity index (χ1v) is 6.42. The molecule has 0 radical (unpaired) electrons. The van der Waals surface area contributed by atoms with E-state index in [4.69, 9.17) is 11.6 Å². The van der Waals surface area contributed by atoms with Crippen LogP contribution in [-0.4, -0.2) is 35.2 Å². The lowest BCUT2D eigenvalue weighted by atomic mass is 10.3. The lowest BCUT2D eigenvalue weighted by Gasteiger charge is -2.16. The summed E-state index contributed by atoms with van der Waals surface area (Å²) in [6.07, 6.45) is 0.225. The third-order valence-corrected chi connectivity index (χ3v) is 3.85. The second-order valence-corrected chi connectivity index (χ2v) is 5.21. The fourth-order valence-corrected chi connectivity index (χ4v) is 2.13. The molecule has 1 aromatic rings. The summed E-state index contributed by atoms with van der Waals surface area (Å²) < 4.78 is 0.786. The average Bonchev–Trinajstić information content (AvgIpc) is 2.70. The van der Waals surface area contributed by atoms with E-state index in [-0.39, 0.29) is 6.03 Å². The molecule has 2 N–H and O–H groups in total.